The summed E-state index contributed by atoms with van der Waals surface area (Å²) in [4.78, 5) is 13.3. The number of hydrogen-bond acceptors (Lipinski definition) is 4. The Morgan fingerprint density at radius 2 is 2.10 bits per heavy atom. The van der Waals surface area contributed by atoms with Gasteiger partial charge < -0.3 is 10.5 Å². The number of halogens is 1. The molecule has 2 rings (SSSR count). The SMILES string of the molecule is CCOC(=O)c1ccc(-c2cccc(CCN)c2)s1.Cl. The van der Waals surface area contributed by atoms with Crippen molar-refractivity contribution in [1.82, 2.24) is 0 Å². The standard InChI is InChI=1S/C15H17NO2S.ClH/c1-2-18-15(17)14-7-6-13(19-14)12-5-3-4-11(10-12)8-9-16;/h3-7,10H,2,8-9,16H2,1H3;1H. The molecule has 20 heavy (non-hydrogen) atoms. The molecule has 0 bridgehead atoms. The van der Waals surface area contributed by atoms with Gasteiger partial charge in [-0.2, -0.15) is 0 Å². The molecule has 0 aliphatic rings. The second-order valence-electron chi connectivity index (χ2n) is 4.12. The van der Waals surface area contributed by atoms with E-state index in [2.05, 4.69) is 12.1 Å². The summed E-state index contributed by atoms with van der Waals surface area (Å²) in [7, 11) is 0. The van der Waals surface area contributed by atoms with Crippen molar-refractivity contribution in [3.8, 4) is 10.4 Å². The molecule has 1 heterocycles. The van der Waals surface area contributed by atoms with Gasteiger partial charge in [0.25, 0.3) is 0 Å². The topological polar surface area (TPSA) is 52.3 Å². The molecule has 2 aromatic rings. The molecule has 0 spiro atoms. The van der Waals surface area contributed by atoms with Gasteiger partial charge in [-0.3, -0.25) is 0 Å². The highest BCUT2D eigenvalue weighted by Crippen LogP contribution is 2.29. The van der Waals surface area contributed by atoms with Crippen molar-refractivity contribution in [2.75, 3.05) is 13.2 Å². The maximum atomic E-state index is 11.6. The number of esters is 1. The van der Waals surface area contributed by atoms with E-state index in [-0.39, 0.29) is 18.4 Å². The van der Waals surface area contributed by atoms with E-state index < -0.39 is 0 Å². The first-order valence-electron chi connectivity index (χ1n) is 6.31. The molecule has 2 N–H and O–H groups in total. The first-order chi connectivity index (χ1) is 9.24. The van der Waals surface area contributed by atoms with Crippen molar-refractivity contribution in [3.05, 3.63) is 46.8 Å². The lowest BCUT2D eigenvalue weighted by Gasteiger charge is -2.02. The van der Waals surface area contributed by atoms with E-state index in [1.165, 1.54) is 16.9 Å². The van der Waals surface area contributed by atoms with Crippen LogP contribution in [0.4, 0.5) is 0 Å². The molecule has 108 valence electrons. The lowest BCUT2D eigenvalue weighted by Crippen LogP contribution is -2.02. The molecule has 0 aliphatic heterocycles. The van der Waals surface area contributed by atoms with Crippen LogP contribution >= 0.6 is 23.7 Å². The molecule has 0 fully saturated rings. The van der Waals surface area contributed by atoms with Gasteiger partial charge in [-0.05, 0) is 43.1 Å². The molecule has 0 radical (unpaired) electrons. The molecule has 0 amide bonds. The summed E-state index contributed by atoms with van der Waals surface area (Å²) in [6.45, 7) is 2.85. The highest BCUT2D eigenvalue weighted by atomic mass is 35.5. The van der Waals surface area contributed by atoms with Crippen LogP contribution in [0.3, 0.4) is 0 Å². The molecular formula is C15H18ClNO2S. The minimum atomic E-state index is -0.253. The van der Waals surface area contributed by atoms with Gasteiger partial charge in [0.1, 0.15) is 4.88 Å². The minimum absolute atomic E-state index is 0. The average molecular weight is 312 g/mol. The number of carbonyl (C=O) groups excluding carboxylic acids is 1. The summed E-state index contributed by atoms with van der Waals surface area (Å²) < 4.78 is 4.99. The molecule has 0 aliphatic carbocycles. The van der Waals surface area contributed by atoms with E-state index >= 15 is 0 Å². The Bertz CT molecular complexity index is 569. The Balaban J connectivity index is 0.00000200. The van der Waals surface area contributed by atoms with Gasteiger partial charge in [-0.1, -0.05) is 24.3 Å². The van der Waals surface area contributed by atoms with Gasteiger partial charge in [0.05, 0.1) is 6.61 Å². The number of ether oxygens (including phenoxy) is 1. The zero-order valence-corrected chi connectivity index (χ0v) is 12.9. The van der Waals surface area contributed by atoms with Crippen molar-refractivity contribution in [3.63, 3.8) is 0 Å². The van der Waals surface area contributed by atoms with Crippen molar-refractivity contribution in [1.29, 1.82) is 0 Å². The highest BCUT2D eigenvalue weighted by molar-refractivity contribution is 7.17. The van der Waals surface area contributed by atoms with Crippen LogP contribution in [-0.4, -0.2) is 19.1 Å². The zero-order valence-electron chi connectivity index (χ0n) is 11.3. The van der Waals surface area contributed by atoms with Crippen molar-refractivity contribution in [2.45, 2.75) is 13.3 Å². The maximum absolute atomic E-state index is 11.6. The van der Waals surface area contributed by atoms with Crippen LogP contribution in [0.2, 0.25) is 0 Å². The van der Waals surface area contributed by atoms with E-state index in [4.69, 9.17) is 10.5 Å². The molecule has 3 nitrogen and oxygen atoms in total. The van der Waals surface area contributed by atoms with Gasteiger partial charge in [0.15, 0.2) is 0 Å². The van der Waals surface area contributed by atoms with Crippen LogP contribution in [-0.2, 0) is 11.2 Å². The van der Waals surface area contributed by atoms with Gasteiger partial charge in [-0.25, -0.2) is 4.79 Å². The normalized spacial score (nSPS) is 9.90. The number of nitrogens with two attached hydrogens (primary N) is 1. The Kier molecular flexibility index (Phi) is 6.71. The van der Waals surface area contributed by atoms with Crippen molar-refractivity contribution in [2.24, 2.45) is 5.73 Å². The number of carbonyl (C=O) groups is 1. The Morgan fingerprint density at radius 3 is 2.80 bits per heavy atom. The smallest absolute Gasteiger partial charge is 0.348 e. The molecule has 0 unspecified atom stereocenters. The van der Waals surface area contributed by atoms with Crippen molar-refractivity contribution >= 4 is 29.7 Å². The second-order valence-corrected chi connectivity index (χ2v) is 5.21. The maximum Gasteiger partial charge on any atom is 0.348 e. The summed E-state index contributed by atoms with van der Waals surface area (Å²) in [5.41, 5.74) is 7.90. The van der Waals surface area contributed by atoms with Crippen molar-refractivity contribution < 1.29 is 9.53 Å². The summed E-state index contributed by atoms with van der Waals surface area (Å²) >= 11 is 1.46. The third kappa shape index (κ3) is 4.07. The summed E-state index contributed by atoms with van der Waals surface area (Å²) in [6.07, 6.45) is 0.865. The first kappa shape index (κ1) is 16.7. The average Bonchev–Trinajstić information content (AvgIpc) is 2.89. The first-order valence-corrected chi connectivity index (χ1v) is 7.12. The van der Waals surface area contributed by atoms with Crippen LogP contribution in [0.1, 0.15) is 22.2 Å². The lowest BCUT2D eigenvalue weighted by atomic mass is 10.1. The quantitative estimate of drug-likeness (QED) is 0.860. The van der Waals surface area contributed by atoms with E-state index in [1.54, 1.807) is 0 Å². The molecule has 1 aromatic carbocycles. The highest BCUT2D eigenvalue weighted by Gasteiger charge is 2.11. The minimum Gasteiger partial charge on any atom is -0.462 e. The fraction of sp³-hybridized carbons (Fsp3) is 0.267. The monoisotopic (exact) mass is 311 g/mol. The van der Waals surface area contributed by atoms with Crippen LogP contribution in [0, 0.1) is 0 Å². The van der Waals surface area contributed by atoms with Crippen LogP contribution in [0.25, 0.3) is 10.4 Å². The summed E-state index contributed by atoms with van der Waals surface area (Å²) in [6, 6.07) is 12.0. The van der Waals surface area contributed by atoms with Crippen LogP contribution in [0.5, 0.6) is 0 Å². The van der Waals surface area contributed by atoms with Gasteiger partial charge in [0, 0.05) is 4.88 Å². The lowest BCUT2D eigenvalue weighted by molar-refractivity contribution is 0.0532. The van der Waals surface area contributed by atoms with Gasteiger partial charge in [-0.15, -0.1) is 23.7 Å². The predicted octanol–water partition coefficient (Wildman–Crippen LogP) is 3.51. The summed E-state index contributed by atoms with van der Waals surface area (Å²) in [5, 5.41) is 0. The van der Waals surface area contributed by atoms with E-state index in [0.717, 1.165) is 16.9 Å². The fourth-order valence-electron chi connectivity index (χ4n) is 1.85. The number of thiophene rings is 1. The largest absolute Gasteiger partial charge is 0.462 e. The Labute approximate surface area is 129 Å². The van der Waals surface area contributed by atoms with E-state index in [1.807, 2.05) is 31.2 Å². The molecular weight excluding hydrogens is 294 g/mol. The second kappa shape index (κ2) is 8.04. The number of hydrogen-bond donors (Lipinski definition) is 1. The summed E-state index contributed by atoms with van der Waals surface area (Å²) in [5.74, 6) is -0.253. The number of rotatable bonds is 5. The molecule has 0 atom stereocenters. The van der Waals surface area contributed by atoms with E-state index in [0.29, 0.717) is 18.0 Å². The predicted molar refractivity (Wildman–Crippen MR) is 85.7 cm³/mol. The molecule has 1 aromatic heterocycles. The van der Waals surface area contributed by atoms with Gasteiger partial charge >= 0.3 is 5.97 Å². The Hall–Kier alpha value is -1.36. The third-order valence-corrected chi connectivity index (χ3v) is 3.84. The van der Waals surface area contributed by atoms with E-state index in [9.17, 15) is 4.79 Å². The van der Waals surface area contributed by atoms with Gasteiger partial charge in [0.2, 0.25) is 0 Å². The molecule has 0 saturated heterocycles. The number of benzene rings is 1. The molecule has 0 saturated carbocycles. The fourth-order valence-corrected chi connectivity index (χ4v) is 2.75. The van der Waals surface area contributed by atoms with Crippen LogP contribution < -0.4 is 5.73 Å². The van der Waals surface area contributed by atoms with Crippen LogP contribution in [0.15, 0.2) is 36.4 Å². The third-order valence-electron chi connectivity index (χ3n) is 2.73. The zero-order chi connectivity index (χ0) is 13.7. The molecule has 5 heteroatoms. The Morgan fingerprint density at radius 1 is 1.30 bits per heavy atom.